The molecular weight excluding hydrogens is 422 g/mol. The Morgan fingerprint density at radius 1 is 1.03 bits per heavy atom. The lowest BCUT2D eigenvalue weighted by Gasteiger charge is -2.16. The van der Waals surface area contributed by atoms with Crippen LogP contribution in [0.1, 0.15) is 31.8 Å². The Balaban J connectivity index is 1.52. The van der Waals surface area contributed by atoms with Gasteiger partial charge in [-0.05, 0) is 30.7 Å². The number of hydrogen-bond donors (Lipinski definition) is 5. The molecule has 10 heteroatoms. The Labute approximate surface area is 190 Å². The number of para-hydroxylation sites is 1. The number of methoxy groups -OCH3 is 1. The summed E-state index contributed by atoms with van der Waals surface area (Å²) in [6.07, 6.45) is 0.760. The first-order valence-electron chi connectivity index (χ1n) is 10.6. The number of amides is 2. The number of rotatable bonds is 6. The van der Waals surface area contributed by atoms with Gasteiger partial charge in [-0.1, -0.05) is 12.1 Å². The third kappa shape index (κ3) is 3.65. The number of hydrogen-bond acceptors (Lipinski definition) is 8. The number of aromatic nitrogens is 2. The minimum Gasteiger partial charge on any atom is -0.494 e. The van der Waals surface area contributed by atoms with E-state index in [2.05, 4.69) is 31.6 Å². The van der Waals surface area contributed by atoms with Crippen LogP contribution in [0.2, 0.25) is 0 Å². The molecule has 5 N–H and O–H groups in total. The van der Waals surface area contributed by atoms with Crippen molar-refractivity contribution in [2.45, 2.75) is 13.0 Å². The molecule has 5 rings (SSSR count). The summed E-state index contributed by atoms with van der Waals surface area (Å²) in [5.74, 6) is 1.96. The second-order valence-corrected chi connectivity index (χ2v) is 7.63. The van der Waals surface area contributed by atoms with Crippen LogP contribution in [-0.2, 0) is 13.0 Å². The first-order valence-corrected chi connectivity index (χ1v) is 10.6. The highest BCUT2D eigenvalue weighted by atomic mass is 16.5. The van der Waals surface area contributed by atoms with E-state index in [1.807, 2.05) is 18.2 Å². The van der Waals surface area contributed by atoms with E-state index in [0.717, 1.165) is 29.9 Å². The maximum absolute atomic E-state index is 12.3. The van der Waals surface area contributed by atoms with Gasteiger partial charge in [-0.25, -0.2) is 0 Å². The summed E-state index contributed by atoms with van der Waals surface area (Å²) in [7, 11) is 3.16. The summed E-state index contributed by atoms with van der Waals surface area (Å²) in [6.45, 7) is 1.15. The molecule has 168 valence electrons. The Bertz CT molecular complexity index is 1280. The van der Waals surface area contributed by atoms with E-state index >= 15 is 0 Å². The van der Waals surface area contributed by atoms with Crippen LogP contribution in [0.25, 0.3) is 0 Å². The number of carbonyl (C=O) groups excluding carboxylic acids is 2. The number of nitrogens with zero attached hydrogens (tertiary/aromatic N) is 2. The van der Waals surface area contributed by atoms with Crippen LogP contribution >= 0.6 is 0 Å². The summed E-state index contributed by atoms with van der Waals surface area (Å²) in [6, 6.07) is 10.8. The molecule has 2 amide bonds. The summed E-state index contributed by atoms with van der Waals surface area (Å²) in [5.41, 5.74) is 4.16. The minimum atomic E-state index is -0.189. The Kier molecular flexibility index (Phi) is 5.17. The molecule has 0 saturated heterocycles. The third-order valence-electron chi connectivity index (χ3n) is 5.71. The van der Waals surface area contributed by atoms with Gasteiger partial charge >= 0.3 is 0 Å². The van der Waals surface area contributed by atoms with Crippen LogP contribution < -0.4 is 31.3 Å². The van der Waals surface area contributed by atoms with Crippen molar-refractivity contribution in [2.24, 2.45) is 0 Å². The third-order valence-corrected chi connectivity index (χ3v) is 5.71. The topological polar surface area (TPSA) is 129 Å². The lowest BCUT2D eigenvalue weighted by Crippen LogP contribution is -2.19. The predicted octanol–water partition coefficient (Wildman–Crippen LogP) is 2.54. The van der Waals surface area contributed by atoms with Crippen molar-refractivity contribution in [3.63, 3.8) is 0 Å². The molecule has 2 aliphatic heterocycles. The van der Waals surface area contributed by atoms with Gasteiger partial charge in [0.25, 0.3) is 11.8 Å². The van der Waals surface area contributed by atoms with Gasteiger partial charge in [-0.2, -0.15) is 9.97 Å². The van der Waals surface area contributed by atoms with Crippen molar-refractivity contribution in [2.75, 3.05) is 36.7 Å². The van der Waals surface area contributed by atoms with Crippen LogP contribution in [0.3, 0.4) is 0 Å². The van der Waals surface area contributed by atoms with Gasteiger partial charge in [0, 0.05) is 36.8 Å². The van der Waals surface area contributed by atoms with E-state index < -0.39 is 0 Å². The highest BCUT2D eigenvalue weighted by molar-refractivity contribution is 6.01. The SMILES string of the molecule is CNC(=O)c1ccccc1Nc1nc(Nc2ccc3c(c2OC)CNC3=O)nc2c1CCN2. The molecule has 3 heterocycles. The zero-order valence-corrected chi connectivity index (χ0v) is 18.2. The minimum absolute atomic E-state index is 0.117. The van der Waals surface area contributed by atoms with E-state index in [0.29, 0.717) is 46.6 Å². The zero-order valence-electron chi connectivity index (χ0n) is 18.2. The van der Waals surface area contributed by atoms with Crippen LogP contribution in [0.4, 0.5) is 29.0 Å². The average Bonchev–Trinajstić information content (AvgIpc) is 3.46. The van der Waals surface area contributed by atoms with Crippen LogP contribution in [0.15, 0.2) is 36.4 Å². The molecule has 0 spiro atoms. The number of fused-ring (bicyclic) bond motifs is 2. The highest BCUT2D eigenvalue weighted by Gasteiger charge is 2.26. The van der Waals surface area contributed by atoms with E-state index in [1.165, 1.54) is 0 Å². The molecule has 1 aromatic heterocycles. The first-order chi connectivity index (χ1) is 16.1. The lowest BCUT2D eigenvalue weighted by molar-refractivity contribution is 0.0956. The molecule has 0 saturated carbocycles. The van der Waals surface area contributed by atoms with Crippen molar-refractivity contribution >= 4 is 40.8 Å². The molecule has 2 aromatic carbocycles. The maximum atomic E-state index is 12.3. The predicted molar refractivity (Wildman–Crippen MR) is 125 cm³/mol. The summed E-state index contributed by atoms with van der Waals surface area (Å²) < 4.78 is 5.60. The molecule has 33 heavy (non-hydrogen) atoms. The summed E-state index contributed by atoms with van der Waals surface area (Å²) in [4.78, 5) is 33.6. The van der Waals surface area contributed by atoms with Gasteiger partial charge in [0.1, 0.15) is 17.4 Å². The van der Waals surface area contributed by atoms with Crippen molar-refractivity contribution in [3.05, 3.63) is 58.7 Å². The molecule has 3 aromatic rings. The molecule has 2 aliphatic rings. The number of ether oxygens (including phenoxy) is 1. The second-order valence-electron chi connectivity index (χ2n) is 7.63. The molecule has 0 unspecified atom stereocenters. The maximum Gasteiger partial charge on any atom is 0.253 e. The first kappa shape index (κ1) is 20.6. The van der Waals surface area contributed by atoms with Gasteiger partial charge in [0.05, 0.1) is 24.0 Å². The standard InChI is InChI=1S/C23H23N7O3/c1-24-21(31)13-5-3-4-6-16(13)27-20-14-9-10-25-19(14)29-23(30-20)28-17-8-7-12-15(18(17)33-2)11-26-22(12)32/h3-8H,9-11H2,1-2H3,(H,24,31)(H,26,32)(H3,25,27,28,29,30). The Hall–Kier alpha value is -4.34. The number of nitrogens with one attached hydrogen (secondary N) is 5. The molecule has 0 radical (unpaired) electrons. The Morgan fingerprint density at radius 3 is 2.70 bits per heavy atom. The largest absolute Gasteiger partial charge is 0.494 e. The molecule has 0 bridgehead atoms. The van der Waals surface area contributed by atoms with E-state index in [9.17, 15) is 9.59 Å². The summed E-state index contributed by atoms with van der Waals surface area (Å²) in [5, 5.41) is 15.3. The van der Waals surface area contributed by atoms with E-state index in [1.54, 1.807) is 32.4 Å². The van der Waals surface area contributed by atoms with E-state index in [4.69, 9.17) is 9.72 Å². The lowest BCUT2D eigenvalue weighted by atomic mass is 10.1. The molecule has 0 fully saturated rings. The Morgan fingerprint density at radius 2 is 1.88 bits per heavy atom. The van der Waals surface area contributed by atoms with Crippen molar-refractivity contribution in [3.8, 4) is 5.75 Å². The smallest absolute Gasteiger partial charge is 0.253 e. The average molecular weight is 445 g/mol. The van der Waals surface area contributed by atoms with Gasteiger partial charge in [0.2, 0.25) is 5.95 Å². The summed E-state index contributed by atoms with van der Waals surface area (Å²) >= 11 is 0. The van der Waals surface area contributed by atoms with Gasteiger partial charge < -0.3 is 31.3 Å². The molecule has 10 nitrogen and oxygen atoms in total. The number of benzene rings is 2. The normalized spacial score (nSPS) is 13.5. The zero-order chi connectivity index (χ0) is 22.9. The van der Waals surface area contributed by atoms with Crippen LogP contribution in [0, 0.1) is 0 Å². The fraction of sp³-hybridized carbons (Fsp3) is 0.217. The van der Waals surface area contributed by atoms with Crippen LogP contribution in [-0.4, -0.2) is 42.5 Å². The van der Waals surface area contributed by atoms with Crippen molar-refractivity contribution in [1.82, 2.24) is 20.6 Å². The molecular formula is C23H23N7O3. The molecule has 0 atom stereocenters. The second kappa shape index (κ2) is 8.30. The fourth-order valence-electron chi connectivity index (χ4n) is 4.12. The fourth-order valence-corrected chi connectivity index (χ4v) is 4.12. The molecule has 0 aliphatic carbocycles. The van der Waals surface area contributed by atoms with Crippen LogP contribution in [0.5, 0.6) is 5.75 Å². The van der Waals surface area contributed by atoms with Crippen molar-refractivity contribution < 1.29 is 14.3 Å². The number of carbonyl (C=O) groups is 2. The monoisotopic (exact) mass is 445 g/mol. The number of anilines is 5. The van der Waals surface area contributed by atoms with Crippen molar-refractivity contribution in [1.29, 1.82) is 0 Å². The van der Waals surface area contributed by atoms with Gasteiger partial charge in [-0.3, -0.25) is 9.59 Å². The van der Waals surface area contributed by atoms with Gasteiger partial charge in [0.15, 0.2) is 0 Å². The van der Waals surface area contributed by atoms with Gasteiger partial charge in [-0.15, -0.1) is 0 Å². The highest BCUT2D eigenvalue weighted by Crippen LogP contribution is 2.37. The quantitative estimate of drug-likeness (QED) is 0.392. The van der Waals surface area contributed by atoms with E-state index in [-0.39, 0.29) is 11.8 Å².